The summed E-state index contributed by atoms with van der Waals surface area (Å²) in [7, 11) is 0. The van der Waals surface area contributed by atoms with E-state index in [4.69, 9.17) is 0 Å². The van der Waals surface area contributed by atoms with Gasteiger partial charge in [-0.05, 0) is 24.5 Å². The lowest BCUT2D eigenvalue weighted by atomic mass is 9.95. The summed E-state index contributed by atoms with van der Waals surface area (Å²) in [6.45, 7) is 0. The number of nitrogens with one attached hydrogen (secondary N) is 1. The highest BCUT2D eigenvalue weighted by Gasteiger charge is 2.16. The van der Waals surface area contributed by atoms with Gasteiger partial charge < -0.3 is 5.32 Å². The van der Waals surface area contributed by atoms with E-state index in [-0.39, 0.29) is 23.9 Å². The number of carbonyl (C=O) groups is 1. The molecule has 0 atom stereocenters. The summed E-state index contributed by atoms with van der Waals surface area (Å²) in [6.07, 6.45) is 5.46. The summed E-state index contributed by atoms with van der Waals surface area (Å²) in [5, 5.41) is 2.91. The molecule has 0 radical (unpaired) electrons. The first-order chi connectivity index (χ1) is 8.65. The fourth-order valence-corrected chi connectivity index (χ4v) is 2.36. The Kier molecular flexibility index (Phi) is 4.28. The molecule has 1 N–H and O–H groups in total. The molecule has 0 unspecified atom stereocenters. The van der Waals surface area contributed by atoms with Crippen LogP contribution in [0.2, 0.25) is 0 Å². The molecular formula is C14H17F2NO. The molecule has 1 aromatic rings. The Labute approximate surface area is 105 Å². The topological polar surface area (TPSA) is 29.1 Å². The van der Waals surface area contributed by atoms with Gasteiger partial charge in [0.2, 0.25) is 5.91 Å². The van der Waals surface area contributed by atoms with Crippen LogP contribution < -0.4 is 5.32 Å². The van der Waals surface area contributed by atoms with E-state index < -0.39 is 11.6 Å². The Morgan fingerprint density at radius 1 is 1.22 bits per heavy atom. The second kappa shape index (κ2) is 5.94. The number of carbonyl (C=O) groups excluding carboxylic acids is 1. The zero-order valence-electron chi connectivity index (χ0n) is 10.2. The maximum atomic E-state index is 13.4. The van der Waals surface area contributed by atoms with Gasteiger partial charge in [-0.15, -0.1) is 0 Å². The number of benzene rings is 1. The molecule has 0 heterocycles. The van der Waals surface area contributed by atoms with Gasteiger partial charge in [-0.2, -0.15) is 0 Å². The second-order valence-electron chi connectivity index (χ2n) is 4.81. The third-order valence-electron chi connectivity index (χ3n) is 3.34. The van der Waals surface area contributed by atoms with Crippen LogP contribution in [-0.2, 0) is 11.2 Å². The summed E-state index contributed by atoms with van der Waals surface area (Å²) in [4.78, 5) is 11.7. The quantitative estimate of drug-likeness (QED) is 0.881. The van der Waals surface area contributed by atoms with Gasteiger partial charge in [0, 0.05) is 12.1 Å². The second-order valence-corrected chi connectivity index (χ2v) is 4.81. The highest BCUT2D eigenvalue weighted by molar-refractivity contribution is 5.78. The molecule has 1 amide bonds. The molecule has 1 aromatic carbocycles. The van der Waals surface area contributed by atoms with Gasteiger partial charge in [0.25, 0.3) is 0 Å². The molecule has 4 heteroatoms. The summed E-state index contributed by atoms with van der Waals surface area (Å²) < 4.78 is 26.1. The average molecular weight is 253 g/mol. The predicted molar refractivity (Wildman–Crippen MR) is 65.1 cm³/mol. The van der Waals surface area contributed by atoms with Crippen LogP contribution in [0, 0.1) is 11.6 Å². The minimum absolute atomic E-state index is 0.0252. The Hall–Kier alpha value is -1.45. The summed E-state index contributed by atoms with van der Waals surface area (Å²) in [6, 6.07) is 3.52. The molecular weight excluding hydrogens is 236 g/mol. The van der Waals surface area contributed by atoms with Crippen LogP contribution in [0.1, 0.15) is 37.7 Å². The van der Waals surface area contributed by atoms with E-state index in [2.05, 4.69) is 5.32 Å². The van der Waals surface area contributed by atoms with E-state index in [1.54, 1.807) is 0 Å². The molecule has 1 aliphatic carbocycles. The lowest BCUT2D eigenvalue weighted by Crippen LogP contribution is -2.37. The van der Waals surface area contributed by atoms with Crippen molar-refractivity contribution in [2.24, 2.45) is 0 Å². The predicted octanol–water partition coefficient (Wildman–Crippen LogP) is 2.96. The fourth-order valence-electron chi connectivity index (χ4n) is 2.36. The number of hydrogen-bond acceptors (Lipinski definition) is 1. The molecule has 18 heavy (non-hydrogen) atoms. The Balaban J connectivity index is 1.90. The lowest BCUT2D eigenvalue weighted by molar-refractivity contribution is -0.121. The molecule has 0 bridgehead atoms. The zero-order chi connectivity index (χ0) is 13.0. The molecule has 0 aliphatic heterocycles. The van der Waals surface area contributed by atoms with Crippen molar-refractivity contribution < 1.29 is 13.6 Å². The van der Waals surface area contributed by atoms with Crippen molar-refractivity contribution in [2.75, 3.05) is 0 Å². The monoisotopic (exact) mass is 253 g/mol. The molecule has 2 nitrogen and oxygen atoms in total. The lowest BCUT2D eigenvalue weighted by Gasteiger charge is -2.22. The van der Waals surface area contributed by atoms with Gasteiger partial charge in [-0.3, -0.25) is 4.79 Å². The summed E-state index contributed by atoms with van der Waals surface area (Å²) in [5.74, 6) is -1.47. The van der Waals surface area contributed by atoms with E-state index >= 15 is 0 Å². The minimum atomic E-state index is -0.659. The van der Waals surface area contributed by atoms with E-state index in [1.165, 1.54) is 18.6 Å². The fraction of sp³-hybridized carbons (Fsp3) is 0.500. The minimum Gasteiger partial charge on any atom is -0.353 e. The maximum Gasteiger partial charge on any atom is 0.224 e. The molecule has 1 aliphatic rings. The molecule has 2 rings (SSSR count). The maximum absolute atomic E-state index is 13.4. The van der Waals surface area contributed by atoms with E-state index in [0.717, 1.165) is 31.7 Å². The van der Waals surface area contributed by atoms with Crippen molar-refractivity contribution in [3.05, 3.63) is 35.4 Å². The largest absolute Gasteiger partial charge is 0.353 e. The standard InChI is InChI=1S/C14H17F2NO/c15-11-7-6-10(13(16)9-11)8-14(18)17-12-4-2-1-3-5-12/h6-7,9,12H,1-5,8H2,(H,17,18). The van der Waals surface area contributed by atoms with Crippen LogP contribution >= 0.6 is 0 Å². The van der Waals surface area contributed by atoms with Crippen LogP contribution in [0.5, 0.6) is 0 Å². The smallest absolute Gasteiger partial charge is 0.224 e. The van der Waals surface area contributed by atoms with Crippen LogP contribution in [0.25, 0.3) is 0 Å². The molecule has 1 fully saturated rings. The van der Waals surface area contributed by atoms with Gasteiger partial charge in [0.05, 0.1) is 6.42 Å². The highest BCUT2D eigenvalue weighted by atomic mass is 19.1. The molecule has 0 aromatic heterocycles. The normalized spacial score (nSPS) is 16.6. The van der Waals surface area contributed by atoms with Crippen LogP contribution in [-0.4, -0.2) is 11.9 Å². The van der Waals surface area contributed by atoms with Gasteiger partial charge in [-0.1, -0.05) is 25.3 Å². The average Bonchev–Trinajstić information content (AvgIpc) is 2.34. The van der Waals surface area contributed by atoms with Crippen molar-refractivity contribution in [1.82, 2.24) is 5.32 Å². The van der Waals surface area contributed by atoms with Crippen molar-refractivity contribution in [1.29, 1.82) is 0 Å². The Morgan fingerprint density at radius 2 is 1.94 bits per heavy atom. The van der Waals surface area contributed by atoms with Crippen LogP contribution in [0.3, 0.4) is 0 Å². The van der Waals surface area contributed by atoms with E-state index in [1.807, 2.05) is 0 Å². The first-order valence-electron chi connectivity index (χ1n) is 6.38. The van der Waals surface area contributed by atoms with Crippen molar-refractivity contribution in [3.63, 3.8) is 0 Å². The van der Waals surface area contributed by atoms with E-state index in [9.17, 15) is 13.6 Å². The summed E-state index contributed by atoms with van der Waals surface area (Å²) >= 11 is 0. The summed E-state index contributed by atoms with van der Waals surface area (Å²) in [5.41, 5.74) is 0.240. The van der Waals surface area contributed by atoms with E-state index in [0.29, 0.717) is 0 Å². The van der Waals surface area contributed by atoms with Gasteiger partial charge in [-0.25, -0.2) is 8.78 Å². The Bertz CT molecular complexity index is 428. The third kappa shape index (κ3) is 3.52. The first-order valence-corrected chi connectivity index (χ1v) is 6.38. The Morgan fingerprint density at radius 3 is 2.61 bits per heavy atom. The van der Waals surface area contributed by atoms with Gasteiger partial charge in [0.15, 0.2) is 0 Å². The molecule has 0 spiro atoms. The van der Waals surface area contributed by atoms with Crippen LogP contribution in [0.4, 0.5) is 8.78 Å². The SMILES string of the molecule is O=C(Cc1ccc(F)cc1F)NC1CCCCC1. The van der Waals surface area contributed by atoms with Crippen LogP contribution in [0.15, 0.2) is 18.2 Å². The highest BCUT2D eigenvalue weighted by Crippen LogP contribution is 2.17. The van der Waals surface area contributed by atoms with Crippen molar-refractivity contribution in [3.8, 4) is 0 Å². The molecule has 98 valence electrons. The van der Waals surface area contributed by atoms with Gasteiger partial charge in [0.1, 0.15) is 11.6 Å². The number of amides is 1. The van der Waals surface area contributed by atoms with Gasteiger partial charge >= 0.3 is 0 Å². The number of hydrogen-bond donors (Lipinski definition) is 1. The molecule has 1 saturated carbocycles. The van der Waals surface area contributed by atoms with Crippen molar-refractivity contribution >= 4 is 5.91 Å². The number of halogens is 2. The number of rotatable bonds is 3. The zero-order valence-corrected chi connectivity index (χ0v) is 10.2. The first kappa shape index (κ1) is 13.0. The third-order valence-corrected chi connectivity index (χ3v) is 3.34. The van der Waals surface area contributed by atoms with Crippen molar-refractivity contribution in [2.45, 2.75) is 44.6 Å². The molecule has 0 saturated heterocycles.